The van der Waals surface area contributed by atoms with Crippen LogP contribution in [0.3, 0.4) is 0 Å². The molecule has 1 aliphatic rings. The standard InChI is InChI=1S/C24H31N5O/c1-17-10-12-18(13-11-17)23-19(7-6-14-30-23)15-26-24(25-2)27-16-22-28-20-8-4-5-9-21(20)29(22)3/h4-5,8-13,19,23H,6-7,14-16H2,1-3H3,(H2,25,26,27). The van der Waals surface area contributed by atoms with Crippen LogP contribution >= 0.6 is 0 Å². The van der Waals surface area contributed by atoms with Crippen molar-refractivity contribution in [3.63, 3.8) is 0 Å². The van der Waals surface area contributed by atoms with Gasteiger partial charge in [0.15, 0.2) is 5.96 Å². The van der Waals surface area contributed by atoms with Crippen molar-refractivity contribution in [3.8, 4) is 0 Å². The molecule has 2 atom stereocenters. The highest BCUT2D eigenvalue weighted by Gasteiger charge is 2.27. The first kappa shape index (κ1) is 20.4. The molecule has 6 nitrogen and oxygen atoms in total. The Labute approximate surface area is 178 Å². The van der Waals surface area contributed by atoms with E-state index in [1.165, 1.54) is 11.1 Å². The lowest BCUT2D eigenvalue weighted by Crippen LogP contribution is -2.41. The number of para-hydroxylation sites is 2. The summed E-state index contributed by atoms with van der Waals surface area (Å²) < 4.78 is 8.27. The number of guanidine groups is 1. The van der Waals surface area contributed by atoms with Crippen LogP contribution in [-0.2, 0) is 18.3 Å². The lowest BCUT2D eigenvalue weighted by Gasteiger charge is -2.32. The number of aryl methyl sites for hydroxylation is 2. The van der Waals surface area contributed by atoms with E-state index in [1.807, 2.05) is 25.2 Å². The summed E-state index contributed by atoms with van der Waals surface area (Å²) in [6.07, 6.45) is 2.37. The molecule has 0 spiro atoms. The summed E-state index contributed by atoms with van der Waals surface area (Å²) in [6, 6.07) is 16.9. The Bertz CT molecular complexity index is 1010. The summed E-state index contributed by atoms with van der Waals surface area (Å²) >= 11 is 0. The smallest absolute Gasteiger partial charge is 0.191 e. The molecule has 3 aromatic rings. The maximum atomic E-state index is 6.15. The van der Waals surface area contributed by atoms with Crippen LogP contribution in [0, 0.1) is 12.8 Å². The van der Waals surface area contributed by atoms with E-state index in [-0.39, 0.29) is 6.10 Å². The molecule has 0 saturated carbocycles. The minimum atomic E-state index is 0.129. The van der Waals surface area contributed by atoms with E-state index in [9.17, 15) is 0 Å². The lowest BCUT2D eigenvalue weighted by atomic mass is 9.89. The molecule has 6 heteroatoms. The van der Waals surface area contributed by atoms with Crippen LogP contribution < -0.4 is 10.6 Å². The molecule has 4 rings (SSSR count). The third-order valence-corrected chi connectivity index (χ3v) is 5.90. The van der Waals surface area contributed by atoms with Gasteiger partial charge in [-0.25, -0.2) is 4.98 Å². The molecule has 0 amide bonds. The van der Waals surface area contributed by atoms with E-state index in [0.717, 1.165) is 48.8 Å². The van der Waals surface area contributed by atoms with Crippen molar-refractivity contribution in [3.05, 3.63) is 65.5 Å². The first-order chi connectivity index (χ1) is 14.7. The molecule has 2 unspecified atom stereocenters. The number of nitrogens with one attached hydrogen (secondary N) is 2. The Morgan fingerprint density at radius 2 is 1.97 bits per heavy atom. The number of nitrogens with zero attached hydrogens (tertiary/aromatic N) is 3. The van der Waals surface area contributed by atoms with Crippen molar-refractivity contribution < 1.29 is 4.74 Å². The highest BCUT2D eigenvalue weighted by atomic mass is 16.5. The number of benzene rings is 2. The van der Waals surface area contributed by atoms with Crippen molar-refractivity contribution in [2.45, 2.75) is 32.4 Å². The fourth-order valence-corrected chi connectivity index (χ4v) is 4.14. The predicted octanol–water partition coefficient (Wildman–Crippen LogP) is 3.71. The summed E-state index contributed by atoms with van der Waals surface area (Å²) in [5.74, 6) is 2.18. The molecule has 1 aromatic heterocycles. The van der Waals surface area contributed by atoms with Gasteiger partial charge in [-0.3, -0.25) is 4.99 Å². The molecule has 158 valence electrons. The number of ether oxygens (including phenoxy) is 1. The first-order valence-electron chi connectivity index (χ1n) is 10.7. The van der Waals surface area contributed by atoms with Crippen LogP contribution in [-0.4, -0.2) is 35.7 Å². The number of rotatable bonds is 5. The van der Waals surface area contributed by atoms with Gasteiger partial charge in [-0.15, -0.1) is 0 Å². The molecule has 1 saturated heterocycles. The summed E-state index contributed by atoms with van der Waals surface area (Å²) in [6.45, 7) is 4.38. The average Bonchev–Trinajstić information content (AvgIpc) is 3.10. The Morgan fingerprint density at radius 1 is 1.17 bits per heavy atom. The summed E-state index contributed by atoms with van der Waals surface area (Å²) in [7, 11) is 3.85. The van der Waals surface area contributed by atoms with Crippen molar-refractivity contribution in [2.24, 2.45) is 18.0 Å². The van der Waals surface area contributed by atoms with Crippen LogP contribution in [0.15, 0.2) is 53.5 Å². The van der Waals surface area contributed by atoms with Crippen LogP contribution in [0.4, 0.5) is 0 Å². The normalized spacial score (nSPS) is 19.8. The number of hydrogen-bond acceptors (Lipinski definition) is 3. The molecular weight excluding hydrogens is 374 g/mol. The summed E-state index contributed by atoms with van der Waals surface area (Å²) in [4.78, 5) is 9.12. The Morgan fingerprint density at radius 3 is 2.73 bits per heavy atom. The molecule has 30 heavy (non-hydrogen) atoms. The Kier molecular flexibility index (Phi) is 6.33. The Balaban J connectivity index is 1.37. The van der Waals surface area contributed by atoms with Gasteiger partial charge in [-0.2, -0.15) is 0 Å². The maximum absolute atomic E-state index is 6.15. The fraction of sp³-hybridized carbons (Fsp3) is 0.417. The zero-order chi connectivity index (χ0) is 20.9. The zero-order valence-electron chi connectivity index (χ0n) is 18.1. The van der Waals surface area contributed by atoms with Gasteiger partial charge in [0.1, 0.15) is 5.82 Å². The molecule has 1 fully saturated rings. The highest BCUT2D eigenvalue weighted by Crippen LogP contribution is 2.33. The van der Waals surface area contributed by atoms with Crippen molar-refractivity contribution in [1.82, 2.24) is 20.2 Å². The van der Waals surface area contributed by atoms with Crippen LogP contribution in [0.25, 0.3) is 11.0 Å². The van der Waals surface area contributed by atoms with Crippen LogP contribution in [0.1, 0.15) is 35.9 Å². The minimum absolute atomic E-state index is 0.129. The van der Waals surface area contributed by atoms with Crippen LogP contribution in [0.2, 0.25) is 0 Å². The van der Waals surface area contributed by atoms with E-state index in [0.29, 0.717) is 12.5 Å². The molecule has 0 radical (unpaired) electrons. The van der Waals surface area contributed by atoms with E-state index < -0.39 is 0 Å². The van der Waals surface area contributed by atoms with Gasteiger partial charge in [0, 0.05) is 33.2 Å². The number of fused-ring (bicyclic) bond motifs is 1. The van der Waals surface area contributed by atoms with Gasteiger partial charge in [0.25, 0.3) is 0 Å². The fourth-order valence-electron chi connectivity index (χ4n) is 4.14. The van der Waals surface area contributed by atoms with E-state index in [1.54, 1.807) is 7.05 Å². The Hall–Kier alpha value is -2.86. The van der Waals surface area contributed by atoms with Crippen molar-refractivity contribution in [1.29, 1.82) is 0 Å². The number of aliphatic imine (C=N–C) groups is 1. The van der Waals surface area contributed by atoms with Gasteiger partial charge in [-0.1, -0.05) is 42.0 Å². The largest absolute Gasteiger partial charge is 0.373 e. The van der Waals surface area contributed by atoms with Gasteiger partial charge in [0.05, 0.1) is 23.7 Å². The van der Waals surface area contributed by atoms with E-state index >= 15 is 0 Å². The SMILES string of the molecule is CN=C(NCc1nc2ccccc2n1C)NCC1CCCOC1c1ccc(C)cc1. The molecule has 2 heterocycles. The average molecular weight is 406 g/mol. The topological polar surface area (TPSA) is 63.5 Å². The van der Waals surface area contributed by atoms with Gasteiger partial charge >= 0.3 is 0 Å². The molecule has 1 aliphatic heterocycles. The van der Waals surface area contributed by atoms with Crippen molar-refractivity contribution in [2.75, 3.05) is 20.2 Å². The van der Waals surface area contributed by atoms with E-state index in [2.05, 4.69) is 57.4 Å². The third kappa shape index (κ3) is 4.49. The van der Waals surface area contributed by atoms with Crippen molar-refractivity contribution >= 4 is 17.0 Å². The number of aromatic nitrogens is 2. The van der Waals surface area contributed by atoms with Gasteiger partial charge in [0.2, 0.25) is 0 Å². The molecule has 2 N–H and O–H groups in total. The number of hydrogen-bond donors (Lipinski definition) is 2. The quantitative estimate of drug-likeness (QED) is 0.502. The lowest BCUT2D eigenvalue weighted by molar-refractivity contribution is -0.0265. The molecular formula is C24H31N5O. The minimum Gasteiger partial charge on any atom is -0.373 e. The second kappa shape index (κ2) is 9.30. The summed E-state index contributed by atoms with van der Waals surface area (Å²) in [5, 5.41) is 6.90. The molecule has 0 aliphatic carbocycles. The maximum Gasteiger partial charge on any atom is 0.191 e. The second-order valence-corrected chi connectivity index (χ2v) is 7.99. The zero-order valence-corrected chi connectivity index (χ0v) is 18.1. The highest BCUT2D eigenvalue weighted by molar-refractivity contribution is 5.80. The second-order valence-electron chi connectivity index (χ2n) is 7.99. The molecule has 0 bridgehead atoms. The third-order valence-electron chi connectivity index (χ3n) is 5.90. The summed E-state index contributed by atoms with van der Waals surface area (Å²) in [5.41, 5.74) is 4.68. The van der Waals surface area contributed by atoms with E-state index in [4.69, 9.17) is 9.72 Å². The number of imidazole rings is 1. The van der Waals surface area contributed by atoms with Gasteiger partial charge in [-0.05, 0) is 37.5 Å². The monoisotopic (exact) mass is 405 g/mol. The first-order valence-corrected chi connectivity index (χ1v) is 10.7. The van der Waals surface area contributed by atoms with Crippen LogP contribution in [0.5, 0.6) is 0 Å². The van der Waals surface area contributed by atoms with Gasteiger partial charge < -0.3 is 19.9 Å². The molecule has 2 aromatic carbocycles. The predicted molar refractivity (Wildman–Crippen MR) is 122 cm³/mol.